The molecule has 1 aromatic heterocycles. The van der Waals surface area contributed by atoms with E-state index in [1.807, 2.05) is 52.3 Å². The van der Waals surface area contributed by atoms with Gasteiger partial charge >= 0.3 is 12.1 Å². The van der Waals surface area contributed by atoms with Gasteiger partial charge in [-0.3, -0.25) is 9.89 Å². The minimum Gasteiger partial charge on any atom is -0.341 e. The van der Waals surface area contributed by atoms with Gasteiger partial charge in [0.15, 0.2) is 0 Å². The highest BCUT2D eigenvalue weighted by Crippen LogP contribution is 2.27. The normalized spacial score (nSPS) is 19.0. The number of nitrogens with one attached hydrogen (secondary N) is 3. The number of para-hydroxylation sites is 1. The molecule has 6 rings (SSSR count). The molecule has 3 N–H and O–H groups in total. The number of benzene rings is 2. The Kier molecular flexibility index (Phi) is 7.08. The number of amides is 5. The van der Waals surface area contributed by atoms with Crippen LogP contribution in [0.2, 0.25) is 0 Å². The zero-order valence-electron chi connectivity index (χ0n) is 22.1. The van der Waals surface area contributed by atoms with E-state index in [-0.39, 0.29) is 24.0 Å². The molecule has 2 aromatic carbocycles. The van der Waals surface area contributed by atoms with Crippen LogP contribution >= 0.6 is 0 Å². The van der Waals surface area contributed by atoms with Crippen molar-refractivity contribution in [2.24, 2.45) is 0 Å². The van der Waals surface area contributed by atoms with Crippen molar-refractivity contribution in [1.82, 2.24) is 30.2 Å². The number of fused-ring (bicyclic) bond motifs is 2. The molecule has 10 nitrogen and oxygen atoms in total. The Hall–Kier alpha value is -4.08. The number of hydrogen-bond donors (Lipinski definition) is 3. The summed E-state index contributed by atoms with van der Waals surface area (Å²) >= 11 is 0. The molecule has 10 heteroatoms. The van der Waals surface area contributed by atoms with E-state index < -0.39 is 6.04 Å². The Bertz CT molecular complexity index is 1360. The van der Waals surface area contributed by atoms with Gasteiger partial charge < -0.3 is 25.3 Å². The second-order valence-corrected chi connectivity index (χ2v) is 10.8. The number of rotatable bonds is 5. The van der Waals surface area contributed by atoms with Crippen molar-refractivity contribution in [3.63, 3.8) is 0 Å². The predicted molar refractivity (Wildman–Crippen MR) is 148 cm³/mol. The lowest BCUT2D eigenvalue weighted by Crippen LogP contribution is -2.56. The van der Waals surface area contributed by atoms with Gasteiger partial charge in [0.05, 0.1) is 11.7 Å². The van der Waals surface area contributed by atoms with Gasteiger partial charge in [0.2, 0.25) is 5.91 Å². The van der Waals surface area contributed by atoms with Crippen LogP contribution in [0.1, 0.15) is 43.2 Å². The van der Waals surface area contributed by atoms with E-state index >= 15 is 0 Å². The lowest BCUT2D eigenvalue weighted by Gasteiger charge is -2.41. The number of aromatic nitrogens is 2. The van der Waals surface area contributed by atoms with Crippen molar-refractivity contribution in [1.29, 1.82) is 0 Å². The number of piperidine rings is 2. The first-order chi connectivity index (χ1) is 19.0. The third-order valence-corrected chi connectivity index (χ3v) is 8.26. The Morgan fingerprint density at radius 3 is 2.62 bits per heavy atom. The summed E-state index contributed by atoms with van der Waals surface area (Å²) in [6, 6.07) is 13.0. The second-order valence-electron chi connectivity index (χ2n) is 10.8. The van der Waals surface area contributed by atoms with Crippen LogP contribution in [0.15, 0.2) is 48.7 Å². The fourth-order valence-electron chi connectivity index (χ4n) is 6.03. The van der Waals surface area contributed by atoms with E-state index in [0.29, 0.717) is 38.9 Å². The highest BCUT2D eigenvalue weighted by Gasteiger charge is 2.34. The van der Waals surface area contributed by atoms with Gasteiger partial charge in [-0.2, -0.15) is 5.10 Å². The van der Waals surface area contributed by atoms with Crippen LogP contribution in [0.5, 0.6) is 0 Å². The smallest absolute Gasteiger partial charge is 0.322 e. The maximum atomic E-state index is 13.6. The highest BCUT2D eigenvalue weighted by molar-refractivity contribution is 5.92. The molecule has 4 heterocycles. The molecule has 0 saturated carbocycles. The molecule has 3 aliphatic rings. The van der Waals surface area contributed by atoms with Gasteiger partial charge in [-0.25, -0.2) is 9.59 Å². The lowest BCUT2D eigenvalue weighted by molar-refractivity contribution is -0.134. The lowest BCUT2D eigenvalue weighted by atomic mass is 10.0. The number of nitrogens with zero attached hydrogens (tertiary/aromatic N) is 4. The largest absolute Gasteiger partial charge is 0.341 e. The number of hydrogen-bond acceptors (Lipinski definition) is 4. The highest BCUT2D eigenvalue weighted by atomic mass is 16.2. The number of H-pyrrole nitrogens is 1. The van der Waals surface area contributed by atoms with Crippen LogP contribution in [-0.2, 0) is 17.8 Å². The molecule has 1 unspecified atom stereocenters. The van der Waals surface area contributed by atoms with Gasteiger partial charge in [-0.1, -0.05) is 24.3 Å². The van der Waals surface area contributed by atoms with Gasteiger partial charge in [0.1, 0.15) is 6.04 Å². The summed E-state index contributed by atoms with van der Waals surface area (Å²) in [5, 5.41) is 14.1. The predicted octanol–water partition coefficient (Wildman–Crippen LogP) is 3.71. The number of likely N-dealkylation sites (tertiary alicyclic amines) is 2. The molecule has 2 saturated heterocycles. The summed E-state index contributed by atoms with van der Waals surface area (Å²) in [6.45, 7) is 3.12. The Morgan fingerprint density at radius 1 is 1.00 bits per heavy atom. The number of carbonyl (C=O) groups is 3. The van der Waals surface area contributed by atoms with Gasteiger partial charge in [0.25, 0.3) is 0 Å². The number of urea groups is 2. The maximum absolute atomic E-state index is 13.6. The standard InChI is InChI=1S/C29H35N7O3/c37-27(34-12-4-1-5-13-34)26(17-20-8-9-25-22(16-20)18-30-33-25)32-28(38)35-14-10-23(11-15-35)36-19-21-6-2-3-7-24(21)31-29(36)39/h2-3,6-9,16,18,23,26H,1,4-5,10-15,17,19H2,(H,30,33)(H,31,39)(H,32,38). The molecule has 0 spiro atoms. The van der Waals surface area contributed by atoms with E-state index in [9.17, 15) is 14.4 Å². The van der Waals surface area contributed by atoms with E-state index in [0.717, 1.165) is 60.1 Å². The van der Waals surface area contributed by atoms with Crippen molar-refractivity contribution in [3.8, 4) is 0 Å². The SMILES string of the molecule is O=C(NC(Cc1ccc2[nH]ncc2c1)C(=O)N1CCCCC1)N1CCC(N2Cc3ccccc3NC2=O)CC1. The molecule has 0 aliphatic carbocycles. The minimum atomic E-state index is -0.637. The topological polar surface area (TPSA) is 114 Å². The average molecular weight is 530 g/mol. The van der Waals surface area contributed by atoms with Crippen molar-refractivity contribution >= 4 is 34.6 Å². The molecule has 39 heavy (non-hydrogen) atoms. The van der Waals surface area contributed by atoms with Crippen molar-refractivity contribution in [3.05, 3.63) is 59.8 Å². The minimum absolute atomic E-state index is 0.0196. The Morgan fingerprint density at radius 2 is 1.79 bits per heavy atom. The first kappa shape index (κ1) is 25.2. The summed E-state index contributed by atoms with van der Waals surface area (Å²) in [7, 11) is 0. The van der Waals surface area contributed by atoms with Crippen molar-refractivity contribution < 1.29 is 14.4 Å². The molecular weight excluding hydrogens is 494 g/mol. The summed E-state index contributed by atoms with van der Waals surface area (Å²) in [5.74, 6) is -0.0196. The molecule has 0 bridgehead atoms. The second kappa shape index (κ2) is 11.0. The van der Waals surface area contributed by atoms with Crippen LogP contribution in [0, 0.1) is 0 Å². The fourth-order valence-corrected chi connectivity index (χ4v) is 6.03. The quantitative estimate of drug-likeness (QED) is 0.468. The number of aromatic amines is 1. The van der Waals surface area contributed by atoms with Crippen LogP contribution in [0.3, 0.4) is 0 Å². The summed E-state index contributed by atoms with van der Waals surface area (Å²) in [5.41, 5.74) is 3.89. The number of carbonyl (C=O) groups excluding carboxylic acids is 3. The molecule has 3 aliphatic heterocycles. The molecular formula is C29H35N7O3. The van der Waals surface area contributed by atoms with E-state index in [1.54, 1.807) is 11.1 Å². The van der Waals surface area contributed by atoms with Crippen LogP contribution in [0.4, 0.5) is 15.3 Å². The van der Waals surface area contributed by atoms with Crippen LogP contribution in [-0.4, -0.2) is 81.1 Å². The Balaban J connectivity index is 1.11. The van der Waals surface area contributed by atoms with Crippen LogP contribution in [0.25, 0.3) is 10.9 Å². The molecule has 204 valence electrons. The fraction of sp³-hybridized carbons (Fsp3) is 0.448. The zero-order valence-corrected chi connectivity index (χ0v) is 22.1. The van der Waals surface area contributed by atoms with Crippen molar-refractivity contribution in [2.75, 3.05) is 31.5 Å². The molecule has 5 amide bonds. The molecule has 0 radical (unpaired) electrons. The molecule has 3 aromatic rings. The van der Waals surface area contributed by atoms with Gasteiger partial charge in [-0.15, -0.1) is 0 Å². The summed E-state index contributed by atoms with van der Waals surface area (Å²) in [4.78, 5) is 45.3. The first-order valence-electron chi connectivity index (χ1n) is 14.0. The summed E-state index contributed by atoms with van der Waals surface area (Å²) < 4.78 is 0. The van der Waals surface area contributed by atoms with E-state index in [1.165, 1.54) is 0 Å². The average Bonchev–Trinajstić information content (AvgIpc) is 3.45. The van der Waals surface area contributed by atoms with Gasteiger partial charge in [-0.05, 0) is 61.4 Å². The van der Waals surface area contributed by atoms with Crippen molar-refractivity contribution in [2.45, 2.75) is 57.2 Å². The van der Waals surface area contributed by atoms with E-state index in [2.05, 4.69) is 20.8 Å². The summed E-state index contributed by atoms with van der Waals surface area (Å²) in [6.07, 6.45) is 6.71. The molecule has 1 atom stereocenters. The third-order valence-electron chi connectivity index (χ3n) is 8.26. The Labute approximate surface area is 227 Å². The van der Waals surface area contributed by atoms with Crippen LogP contribution < -0.4 is 10.6 Å². The van der Waals surface area contributed by atoms with Gasteiger partial charge in [0, 0.05) is 56.3 Å². The zero-order chi connectivity index (χ0) is 26.8. The first-order valence-corrected chi connectivity index (χ1v) is 14.0. The maximum Gasteiger partial charge on any atom is 0.322 e. The molecule has 2 fully saturated rings. The monoisotopic (exact) mass is 529 g/mol. The van der Waals surface area contributed by atoms with E-state index in [4.69, 9.17) is 0 Å². The number of anilines is 1. The third kappa shape index (κ3) is 5.41.